The SMILES string of the molecule is CN1Cc2nc(C(=O)N3CCN(S(=O)(=O)c4cc5ccc(Cl)cc5s4)CC3CC(=O)N3CCOCC3)sc2CN1C. The molecule has 0 saturated carbocycles. The minimum atomic E-state index is -3.86. The molecule has 0 spiro atoms. The molecule has 1 unspecified atom stereocenters. The number of thiophene rings is 1. The maximum absolute atomic E-state index is 13.8. The van der Waals surface area contributed by atoms with E-state index in [1.54, 1.807) is 34.1 Å². The highest BCUT2D eigenvalue weighted by atomic mass is 35.5. The van der Waals surface area contributed by atoms with E-state index in [1.807, 2.05) is 19.1 Å². The van der Waals surface area contributed by atoms with Crippen LogP contribution in [0, 0.1) is 0 Å². The van der Waals surface area contributed by atoms with Crippen LogP contribution in [0.25, 0.3) is 10.1 Å². The number of amides is 2. The molecule has 1 atom stereocenters. The van der Waals surface area contributed by atoms with Crippen LogP contribution in [0.4, 0.5) is 0 Å². The van der Waals surface area contributed by atoms with Crippen molar-refractivity contribution in [1.29, 1.82) is 0 Å². The van der Waals surface area contributed by atoms with E-state index in [0.717, 1.165) is 20.7 Å². The first-order valence-electron chi connectivity index (χ1n) is 13.4. The normalized spacial score (nSPS) is 21.4. The van der Waals surface area contributed by atoms with Crippen LogP contribution in [0.1, 0.15) is 26.8 Å². The zero-order valence-electron chi connectivity index (χ0n) is 22.8. The molecule has 11 nitrogen and oxygen atoms in total. The number of sulfonamides is 1. The van der Waals surface area contributed by atoms with Gasteiger partial charge in [0.1, 0.15) is 4.21 Å². The molecule has 1 aromatic carbocycles. The summed E-state index contributed by atoms with van der Waals surface area (Å²) in [6.45, 7) is 3.48. The van der Waals surface area contributed by atoms with Gasteiger partial charge in [0.2, 0.25) is 5.91 Å². The fourth-order valence-corrected chi connectivity index (χ4v) is 9.75. The number of carbonyl (C=O) groups is 2. The van der Waals surface area contributed by atoms with Crippen LogP contribution >= 0.6 is 34.3 Å². The highest BCUT2D eigenvalue weighted by Gasteiger charge is 2.40. The molecular formula is C26H31ClN6O5S3. The first kappa shape index (κ1) is 28.9. The number of hydrazine groups is 1. The molecule has 0 bridgehead atoms. The number of rotatable bonds is 5. The lowest BCUT2D eigenvalue weighted by Gasteiger charge is -2.41. The van der Waals surface area contributed by atoms with Gasteiger partial charge in [0.05, 0.1) is 31.5 Å². The van der Waals surface area contributed by atoms with E-state index in [9.17, 15) is 18.0 Å². The predicted octanol–water partition coefficient (Wildman–Crippen LogP) is 2.57. The van der Waals surface area contributed by atoms with Gasteiger partial charge in [0.25, 0.3) is 15.9 Å². The van der Waals surface area contributed by atoms with Crippen LogP contribution in [-0.4, -0.2) is 115 Å². The van der Waals surface area contributed by atoms with Crippen LogP contribution in [0.5, 0.6) is 0 Å². The van der Waals surface area contributed by atoms with Crippen molar-refractivity contribution in [3.8, 4) is 0 Å². The number of hydrogen-bond acceptors (Lipinski definition) is 10. The summed E-state index contributed by atoms with van der Waals surface area (Å²) in [5, 5.41) is 5.84. The zero-order chi connectivity index (χ0) is 28.9. The fourth-order valence-electron chi connectivity index (χ4n) is 5.38. The molecule has 220 valence electrons. The average molecular weight is 639 g/mol. The number of aromatic nitrogens is 1. The number of halogens is 1. The van der Waals surface area contributed by atoms with Gasteiger partial charge in [-0.3, -0.25) is 9.59 Å². The predicted molar refractivity (Wildman–Crippen MR) is 157 cm³/mol. The van der Waals surface area contributed by atoms with Gasteiger partial charge in [-0.2, -0.15) is 4.31 Å². The molecule has 2 saturated heterocycles. The third kappa shape index (κ3) is 5.76. The molecule has 3 aliphatic rings. The largest absolute Gasteiger partial charge is 0.378 e. The summed E-state index contributed by atoms with van der Waals surface area (Å²) in [4.78, 5) is 36.2. The van der Waals surface area contributed by atoms with E-state index in [-0.39, 0.29) is 42.1 Å². The van der Waals surface area contributed by atoms with Gasteiger partial charge in [0, 0.05) is 74.4 Å². The van der Waals surface area contributed by atoms with Crippen molar-refractivity contribution in [2.24, 2.45) is 0 Å². The summed E-state index contributed by atoms with van der Waals surface area (Å²) >= 11 is 8.67. The molecule has 2 aromatic heterocycles. The van der Waals surface area contributed by atoms with Gasteiger partial charge in [-0.1, -0.05) is 17.7 Å². The Kier molecular flexibility index (Phi) is 8.11. The molecule has 41 heavy (non-hydrogen) atoms. The van der Waals surface area contributed by atoms with E-state index in [2.05, 4.69) is 9.99 Å². The van der Waals surface area contributed by atoms with Crippen LogP contribution in [0.2, 0.25) is 5.02 Å². The van der Waals surface area contributed by atoms with Crippen LogP contribution in [0.3, 0.4) is 0 Å². The summed E-state index contributed by atoms with van der Waals surface area (Å²) in [7, 11) is 0.106. The summed E-state index contributed by atoms with van der Waals surface area (Å²) in [6, 6.07) is 6.32. The summed E-state index contributed by atoms with van der Waals surface area (Å²) in [5.41, 5.74) is 0.881. The molecular weight excluding hydrogens is 608 g/mol. The monoisotopic (exact) mass is 638 g/mol. The van der Waals surface area contributed by atoms with E-state index >= 15 is 0 Å². The van der Waals surface area contributed by atoms with Gasteiger partial charge in [0.15, 0.2) is 5.01 Å². The molecule has 5 heterocycles. The number of piperazine rings is 1. The summed E-state index contributed by atoms with van der Waals surface area (Å²) in [6.07, 6.45) is 0.0242. The molecule has 2 amide bonds. The van der Waals surface area contributed by atoms with Gasteiger partial charge in [-0.15, -0.1) is 22.7 Å². The first-order valence-corrected chi connectivity index (χ1v) is 16.8. The highest BCUT2D eigenvalue weighted by Crippen LogP contribution is 2.34. The maximum atomic E-state index is 13.8. The van der Waals surface area contributed by atoms with Crippen molar-refractivity contribution < 1.29 is 22.7 Å². The van der Waals surface area contributed by atoms with Gasteiger partial charge >= 0.3 is 0 Å². The zero-order valence-corrected chi connectivity index (χ0v) is 26.0. The van der Waals surface area contributed by atoms with Crippen molar-refractivity contribution in [2.45, 2.75) is 29.8 Å². The van der Waals surface area contributed by atoms with Crippen LogP contribution < -0.4 is 0 Å². The summed E-state index contributed by atoms with van der Waals surface area (Å²) in [5.74, 6) is -0.378. The quantitative estimate of drug-likeness (QED) is 0.420. The minimum Gasteiger partial charge on any atom is -0.378 e. The molecule has 3 aliphatic heterocycles. The van der Waals surface area contributed by atoms with E-state index < -0.39 is 16.1 Å². The molecule has 2 fully saturated rings. The number of morpholine rings is 1. The highest BCUT2D eigenvalue weighted by molar-refractivity contribution is 7.91. The number of nitrogens with zero attached hydrogens (tertiary/aromatic N) is 6. The number of benzene rings is 1. The molecule has 6 rings (SSSR count). The second-order valence-electron chi connectivity index (χ2n) is 10.5. The third-order valence-corrected chi connectivity index (χ3v) is 12.5. The van der Waals surface area contributed by atoms with Gasteiger partial charge in [-0.05, 0) is 23.6 Å². The number of hydrogen-bond donors (Lipinski definition) is 0. The van der Waals surface area contributed by atoms with Crippen molar-refractivity contribution in [3.05, 3.63) is 44.9 Å². The van der Waals surface area contributed by atoms with Crippen molar-refractivity contribution in [1.82, 2.24) is 29.1 Å². The van der Waals surface area contributed by atoms with E-state index in [1.165, 1.54) is 27.0 Å². The van der Waals surface area contributed by atoms with Crippen LogP contribution in [-0.2, 0) is 32.6 Å². The average Bonchev–Trinajstić information content (AvgIpc) is 3.57. The summed E-state index contributed by atoms with van der Waals surface area (Å²) < 4.78 is 35.4. The fraction of sp³-hybridized carbons (Fsp3) is 0.500. The molecule has 15 heteroatoms. The minimum absolute atomic E-state index is 0.0235. The lowest BCUT2D eigenvalue weighted by Crippen LogP contribution is -2.58. The van der Waals surface area contributed by atoms with Crippen LogP contribution in [0.15, 0.2) is 28.5 Å². The Hall–Kier alpha value is -2.17. The van der Waals surface area contributed by atoms with Crippen molar-refractivity contribution in [3.63, 3.8) is 0 Å². The second-order valence-corrected chi connectivity index (χ2v) is 15.2. The number of ether oxygens (including phenoxy) is 1. The Morgan fingerprint density at radius 1 is 1.05 bits per heavy atom. The van der Waals surface area contributed by atoms with Crippen molar-refractivity contribution in [2.75, 3.05) is 60.0 Å². The van der Waals surface area contributed by atoms with Gasteiger partial charge < -0.3 is 14.5 Å². The van der Waals surface area contributed by atoms with E-state index in [0.29, 0.717) is 49.4 Å². The second kappa shape index (κ2) is 11.5. The van der Waals surface area contributed by atoms with Gasteiger partial charge in [-0.25, -0.2) is 23.4 Å². The first-order chi connectivity index (χ1) is 19.6. The maximum Gasteiger partial charge on any atom is 0.283 e. The topological polar surface area (TPSA) is 107 Å². The standard InChI is InChI=1S/C26H31ClN6O5S3/c1-29-15-20-22(16-30(29)2)40-25(28-20)26(35)33-6-5-32(14-19(33)13-23(34)31-7-9-38-10-8-31)41(36,37)24-11-17-3-4-18(27)12-21(17)39-24/h3-4,11-12,19H,5-10,13-16H2,1-2H3. The smallest absolute Gasteiger partial charge is 0.283 e. The Bertz CT molecular complexity index is 1560. The number of thiazole rings is 1. The Morgan fingerprint density at radius 2 is 1.80 bits per heavy atom. The number of fused-ring (bicyclic) bond motifs is 2. The molecule has 3 aromatic rings. The lowest BCUT2D eigenvalue weighted by molar-refractivity contribution is -0.136. The van der Waals surface area contributed by atoms with Crippen molar-refractivity contribution >= 4 is 66.2 Å². The van der Waals surface area contributed by atoms with E-state index in [4.69, 9.17) is 16.3 Å². The Labute approximate surface area is 251 Å². The molecule has 0 aliphatic carbocycles. The Morgan fingerprint density at radius 3 is 2.59 bits per heavy atom. The third-order valence-electron chi connectivity index (χ3n) is 7.83. The number of carbonyl (C=O) groups excluding carboxylic acids is 2. The molecule has 0 radical (unpaired) electrons. The molecule has 0 N–H and O–H groups in total. The lowest BCUT2D eigenvalue weighted by atomic mass is 10.1. The Balaban J connectivity index is 1.27.